The molecule has 0 aliphatic rings. The van der Waals surface area contributed by atoms with Crippen molar-refractivity contribution in [3.05, 3.63) is 82.7 Å². The second-order valence-electron chi connectivity index (χ2n) is 6.92. The van der Waals surface area contributed by atoms with Crippen molar-refractivity contribution < 1.29 is 13.9 Å². The number of carbonyl (C=O) groups is 1. The number of carbonyl (C=O) groups excluding carboxylic acids is 1. The maximum absolute atomic E-state index is 13.1. The van der Waals surface area contributed by atoms with Crippen molar-refractivity contribution in [3.63, 3.8) is 0 Å². The minimum atomic E-state index is -0.700. The maximum Gasteiger partial charge on any atom is 0.345 e. The summed E-state index contributed by atoms with van der Waals surface area (Å²) in [5, 5.41) is 0. The lowest BCUT2D eigenvalue weighted by atomic mass is 9.98. The zero-order valence-electron chi connectivity index (χ0n) is 15.0. The van der Waals surface area contributed by atoms with E-state index in [4.69, 9.17) is 9.15 Å². The van der Waals surface area contributed by atoms with Gasteiger partial charge in [0.25, 0.3) is 0 Å². The van der Waals surface area contributed by atoms with E-state index in [1.54, 1.807) is 20.8 Å². The zero-order valence-corrected chi connectivity index (χ0v) is 15.0. The highest BCUT2D eigenvalue weighted by Gasteiger charge is 2.25. The van der Waals surface area contributed by atoms with Crippen molar-refractivity contribution in [2.45, 2.75) is 26.4 Å². The van der Waals surface area contributed by atoms with Crippen molar-refractivity contribution in [2.75, 3.05) is 0 Å². The monoisotopic (exact) mass is 348 g/mol. The van der Waals surface area contributed by atoms with Gasteiger partial charge in [0, 0.05) is 5.56 Å². The summed E-state index contributed by atoms with van der Waals surface area (Å²) in [6, 6.07) is 18.5. The van der Waals surface area contributed by atoms with Gasteiger partial charge in [-0.05, 0) is 26.3 Å². The predicted octanol–water partition coefficient (Wildman–Crippen LogP) is 4.93. The van der Waals surface area contributed by atoms with Crippen LogP contribution in [0.15, 0.2) is 76.1 Å². The van der Waals surface area contributed by atoms with Crippen molar-refractivity contribution in [1.82, 2.24) is 0 Å². The van der Waals surface area contributed by atoms with Crippen LogP contribution in [0.5, 0.6) is 0 Å². The zero-order chi connectivity index (χ0) is 18.7. The molecule has 4 heteroatoms. The highest BCUT2D eigenvalue weighted by atomic mass is 16.6. The Kier molecular flexibility index (Phi) is 4.76. The summed E-state index contributed by atoms with van der Waals surface area (Å²) >= 11 is 0. The van der Waals surface area contributed by atoms with E-state index in [0.29, 0.717) is 16.9 Å². The second kappa shape index (κ2) is 7.00. The smallest absolute Gasteiger partial charge is 0.345 e. The highest BCUT2D eigenvalue weighted by Crippen LogP contribution is 2.30. The molecule has 0 aliphatic heterocycles. The van der Waals surface area contributed by atoms with Crippen LogP contribution < -0.4 is 5.43 Å². The van der Waals surface area contributed by atoms with Crippen molar-refractivity contribution in [1.29, 1.82) is 0 Å². The van der Waals surface area contributed by atoms with Crippen molar-refractivity contribution in [2.24, 2.45) is 0 Å². The lowest BCUT2D eigenvalue weighted by molar-refractivity contribution is 0.00658. The van der Waals surface area contributed by atoms with E-state index in [-0.39, 0.29) is 5.56 Å². The largest absolute Gasteiger partial charge is 0.463 e. The Morgan fingerprint density at radius 3 is 1.96 bits per heavy atom. The molecule has 132 valence electrons. The van der Waals surface area contributed by atoms with Crippen molar-refractivity contribution >= 4 is 5.97 Å². The van der Waals surface area contributed by atoms with Gasteiger partial charge < -0.3 is 9.15 Å². The average Bonchev–Trinajstić information content (AvgIpc) is 2.61. The van der Waals surface area contributed by atoms with Crippen LogP contribution in [0.3, 0.4) is 0 Å². The first-order valence-corrected chi connectivity index (χ1v) is 8.37. The predicted molar refractivity (Wildman–Crippen MR) is 101 cm³/mol. The lowest BCUT2D eigenvalue weighted by Gasteiger charge is -2.19. The molecule has 4 nitrogen and oxygen atoms in total. The standard InChI is InChI=1S/C22H20O4/c1-22(2,3)26-21(24)17-14-25-20(16-12-8-5-9-13-16)18(19(17)23)15-10-6-4-7-11-15/h4-14H,1-3H3. The fraction of sp³-hybridized carbons (Fsp3) is 0.182. The van der Waals surface area contributed by atoms with E-state index < -0.39 is 17.0 Å². The van der Waals surface area contributed by atoms with Crippen LogP contribution in [0.4, 0.5) is 0 Å². The molecule has 3 aromatic rings. The van der Waals surface area contributed by atoms with Gasteiger partial charge in [-0.1, -0.05) is 60.7 Å². The van der Waals surface area contributed by atoms with Gasteiger partial charge in [-0.2, -0.15) is 0 Å². The summed E-state index contributed by atoms with van der Waals surface area (Å²) in [6.07, 6.45) is 1.19. The number of ether oxygens (including phenoxy) is 1. The summed E-state index contributed by atoms with van der Waals surface area (Å²) in [5.74, 6) is -0.267. The molecule has 0 radical (unpaired) electrons. The number of benzene rings is 2. The molecule has 0 amide bonds. The number of hydrogen-bond donors (Lipinski definition) is 0. The van der Waals surface area contributed by atoms with E-state index >= 15 is 0 Å². The maximum atomic E-state index is 13.1. The van der Waals surface area contributed by atoms with Crippen LogP contribution in [0.2, 0.25) is 0 Å². The SMILES string of the molecule is CC(C)(C)OC(=O)c1coc(-c2ccccc2)c(-c2ccccc2)c1=O. The van der Waals surface area contributed by atoms with Crippen LogP contribution in [0.25, 0.3) is 22.5 Å². The van der Waals surface area contributed by atoms with Crippen LogP contribution in [-0.4, -0.2) is 11.6 Å². The number of hydrogen-bond acceptors (Lipinski definition) is 4. The minimum Gasteiger partial charge on any atom is -0.463 e. The Morgan fingerprint density at radius 2 is 1.42 bits per heavy atom. The molecule has 0 bridgehead atoms. The third-order valence-corrected chi connectivity index (χ3v) is 3.71. The molecule has 0 atom stereocenters. The van der Waals surface area contributed by atoms with Crippen LogP contribution in [0, 0.1) is 0 Å². The van der Waals surface area contributed by atoms with Gasteiger partial charge in [0.1, 0.15) is 23.2 Å². The molecule has 2 aromatic carbocycles. The fourth-order valence-corrected chi connectivity index (χ4v) is 2.61. The molecule has 0 saturated carbocycles. The first-order valence-electron chi connectivity index (χ1n) is 8.37. The van der Waals surface area contributed by atoms with Gasteiger partial charge in [-0.25, -0.2) is 4.79 Å². The fourth-order valence-electron chi connectivity index (χ4n) is 2.61. The van der Waals surface area contributed by atoms with E-state index in [1.165, 1.54) is 6.26 Å². The first-order chi connectivity index (χ1) is 12.4. The molecule has 1 heterocycles. The van der Waals surface area contributed by atoms with Gasteiger partial charge in [-0.3, -0.25) is 4.79 Å². The molecular formula is C22H20O4. The second-order valence-corrected chi connectivity index (χ2v) is 6.92. The molecule has 0 saturated heterocycles. The third kappa shape index (κ3) is 3.75. The Balaban J connectivity index is 2.21. The molecule has 0 N–H and O–H groups in total. The number of esters is 1. The minimum absolute atomic E-state index is 0.113. The average molecular weight is 348 g/mol. The van der Waals surface area contributed by atoms with Gasteiger partial charge >= 0.3 is 5.97 Å². The quantitative estimate of drug-likeness (QED) is 0.630. The topological polar surface area (TPSA) is 56.5 Å². The van der Waals surface area contributed by atoms with Gasteiger partial charge in [0.05, 0.1) is 5.56 Å². The van der Waals surface area contributed by atoms with Gasteiger partial charge in [-0.15, -0.1) is 0 Å². The Bertz CT molecular complexity index is 965. The number of rotatable bonds is 3. The molecular weight excluding hydrogens is 328 g/mol. The Hall–Kier alpha value is -3.14. The lowest BCUT2D eigenvalue weighted by Crippen LogP contribution is -2.27. The summed E-state index contributed by atoms with van der Waals surface area (Å²) < 4.78 is 11.1. The first kappa shape index (κ1) is 17.7. The van der Waals surface area contributed by atoms with Crippen LogP contribution in [-0.2, 0) is 4.74 Å². The molecule has 1 aromatic heterocycles. The van der Waals surface area contributed by atoms with E-state index in [2.05, 4.69) is 0 Å². The molecule has 0 unspecified atom stereocenters. The molecule has 3 rings (SSSR count). The summed E-state index contributed by atoms with van der Waals surface area (Å²) in [6.45, 7) is 5.26. The van der Waals surface area contributed by atoms with E-state index in [9.17, 15) is 9.59 Å². The highest BCUT2D eigenvalue weighted by molar-refractivity contribution is 5.92. The van der Waals surface area contributed by atoms with Gasteiger partial charge in [0.2, 0.25) is 5.43 Å². The van der Waals surface area contributed by atoms with Gasteiger partial charge in [0.15, 0.2) is 0 Å². The Labute approximate surface area is 152 Å². The van der Waals surface area contributed by atoms with E-state index in [0.717, 1.165) is 5.56 Å². The van der Waals surface area contributed by atoms with Crippen LogP contribution in [0.1, 0.15) is 31.1 Å². The Morgan fingerprint density at radius 1 is 0.885 bits per heavy atom. The van der Waals surface area contributed by atoms with E-state index in [1.807, 2.05) is 60.7 Å². The van der Waals surface area contributed by atoms with Crippen LogP contribution >= 0.6 is 0 Å². The molecule has 0 aliphatic carbocycles. The summed E-state index contributed by atoms with van der Waals surface area (Å²) in [7, 11) is 0. The normalized spacial score (nSPS) is 11.2. The summed E-state index contributed by atoms with van der Waals surface area (Å²) in [5.41, 5.74) is 0.577. The third-order valence-electron chi connectivity index (χ3n) is 3.71. The molecule has 0 spiro atoms. The molecule has 0 fully saturated rings. The molecule has 26 heavy (non-hydrogen) atoms. The summed E-state index contributed by atoms with van der Waals surface area (Å²) in [4.78, 5) is 25.6. The van der Waals surface area contributed by atoms with Crippen molar-refractivity contribution in [3.8, 4) is 22.5 Å².